The van der Waals surface area contributed by atoms with E-state index < -0.39 is 69.3 Å². The van der Waals surface area contributed by atoms with Crippen molar-refractivity contribution in [2.24, 2.45) is 22.7 Å². The molecule has 1 aromatic heterocycles. The van der Waals surface area contributed by atoms with Crippen LogP contribution in [0.2, 0.25) is 0 Å². The summed E-state index contributed by atoms with van der Waals surface area (Å²) in [5.41, 5.74) is -7.29. The average Bonchev–Trinajstić information content (AvgIpc) is 3.41. The molecule has 11 heteroatoms. The highest BCUT2D eigenvalue weighted by Crippen LogP contribution is 2.82. The van der Waals surface area contributed by atoms with Crippen LogP contribution in [0, 0.1) is 22.7 Å². The second-order valence-corrected chi connectivity index (χ2v) is 12.6. The van der Waals surface area contributed by atoms with Crippen molar-refractivity contribution in [2.75, 3.05) is 7.11 Å². The molecule has 4 saturated heterocycles. The van der Waals surface area contributed by atoms with Gasteiger partial charge in [-0.15, -0.1) is 0 Å². The molecule has 11 nitrogen and oxygen atoms in total. The molecule has 11 atom stereocenters. The number of aliphatic hydroxyl groups is 4. The number of hydroxylamine groups is 1. The largest absolute Gasteiger partial charge is 0.450 e. The van der Waals surface area contributed by atoms with Crippen molar-refractivity contribution in [3.8, 4) is 0 Å². The number of H-pyrrole nitrogens is 1. The molecule has 5 heterocycles. The fourth-order valence-electron chi connectivity index (χ4n) is 9.06. The molecule has 6 N–H and O–H groups in total. The van der Waals surface area contributed by atoms with Crippen LogP contribution < -0.4 is 5.48 Å². The minimum atomic E-state index is -2.04. The second-order valence-electron chi connectivity index (χ2n) is 12.6. The fraction of sp³-hybridized carbons (Fsp3) is 0.808. The summed E-state index contributed by atoms with van der Waals surface area (Å²) in [7, 11) is 1.37. The third-order valence-electron chi connectivity index (χ3n) is 11.1. The molecule has 1 spiro atoms. The number of hydrogen-bond donors (Lipinski definition) is 6. The summed E-state index contributed by atoms with van der Waals surface area (Å²) in [6.07, 6.45) is -1.71. The quantitative estimate of drug-likeness (QED) is 0.238. The molecule has 4 aliphatic heterocycles. The van der Waals surface area contributed by atoms with Crippen LogP contribution in [0.25, 0.3) is 0 Å². The van der Waals surface area contributed by atoms with Gasteiger partial charge >= 0.3 is 5.97 Å². The smallest absolute Gasteiger partial charge is 0.355 e. The van der Waals surface area contributed by atoms with Crippen molar-refractivity contribution in [3.05, 3.63) is 24.0 Å². The van der Waals surface area contributed by atoms with E-state index in [9.17, 15) is 25.2 Å². The molecule has 0 radical (unpaired) electrons. The van der Waals surface area contributed by atoms with Crippen LogP contribution in [0.4, 0.5) is 0 Å². The maximum Gasteiger partial charge on any atom is 0.355 e. The lowest BCUT2D eigenvalue weighted by atomic mass is 9.44. The van der Waals surface area contributed by atoms with Gasteiger partial charge in [-0.05, 0) is 43.7 Å². The maximum absolute atomic E-state index is 13.4. The van der Waals surface area contributed by atoms with Crippen LogP contribution in [0.1, 0.15) is 64.4 Å². The van der Waals surface area contributed by atoms with Gasteiger partial charge in [0.15, 0.2) is 23.2 Å². The van der Waals surface area contributed by atoms with Gasteiger partial charge in [-0.3, -0.25) is 0 Å². The van der Waals surface area contributed by atoms with E-state index in [0.29, 0.717) is 6.42 Å². The van der Waals surface area contributed by atoms with Gasteiger partial charge < -0.3 is 44.5 Å². The summed E-state index contributed by atoms with van der Waals surface area (Å²) in [5.74, 6) is -3.65. The summed E-state index contributed by atoms with van der Waals surface area (Å²) in [6.45, 7) is 8.75. The van der Waals surface area contributed by atoms with Crippen molar-refractivity contribution in [1.82, 2.24) is 10.5 Å². The molecule has 0 aromatic carbocycles. The third kappa shape index (κ3) is 2.30. The Morgan fingerprint density at radius 1 is 1.27 bits per heavy atom. The Morgan fingerprint density at radius 2 is 1.97 bits per heavy atom. The summed E-state index contributed by atoms with van der Waals surface area (Å²) >= 11 is 0. The lowest BCUT2D eigenvalue weighted by Crippen LogP contribution is -2.93. The molecule has 0 amide bonds. The van der Waals surface area contributed by atoms with Crippen LogP contribution in [0.3, 0.4) is 0 Å². The van der Waals surface area contributed by atoms with Crippen molar-refractivity contribution >= 4 is 5.97 Å². The molecular formula is C26H38N2O9. The van der Waals surface area contributed by atoms with Crippen molar-refractivity contribution in [3.63, 3.8) is 0 Å². The molecule has 1 aromatic rings. The standard InChI is InChI=1S/C26H38N2O9/c1-13(2)24(33)19(35-17(30)15-8-7-11-27-15)26(28-34-6)20(4)12-23(32)21(24,5)18(36-26)25(37-23)16(29)14(3)9-10-22(20,25)31/h7-8,11,13-14,16,18-19,27-29,31-33H,9-10,12H2,1-6H3/t14-,16+,18+,19+,20-,21-,22-,23-,24+,25-,26-/m0/s1. The van der Waals surface area contributed by atoms with E-state index in [2.05, 4.69) is 10.5 Å². The summed E-state index contributed by atoms with van der Waals surface area (Å²) in [6, 6.07) is 3.20. The molecule has 1 aliphatic carbocycles. The van der Waals surface area contributed by atoms with Gasteiger partial charge in [0, 0.05) is 12.6 Å². The van der Waals surface area contributed by atoms with E-state index in [4.69, 9.17) is 19.0 Å². The first-order chi connectivity index (χ1) is 17.2. The van der Waals surface area contributed by atoms with Crippen LogP contribution in [-0.2, 0) is 19.0 Å². The Bertz CT molecular complexity index is 1130. The lowest BCUT2D eigenvalue weighted by molar-refractivity contribution is -0.470. The number of fused-ring (bicyclic) bond motifs is 4. The molecule has 5 bridgehead atoms. The number of aromatic amines is 1. The Hall–Kier alpha value is -1.57. The molecule has 206 valence electrons. The zero-order chi connectivity index (χ0) is 27.0. The molecular weight excluding hydrogens is 484 g/mol. The van der Waals surface area contributed by atoms with Crippen molar-refractivity contribution in [2.45, 2.75) is 101 Å². The van der Waals surface area contributed by atoms with E-state index in [1.807, 2.05) is 6.92 Å². The number of esters is 1. The SMILES string of the molecule is CON[C@@]12O[C@H]3[C@]45O[C@@](O)(C[C@@]1(C)[C@@]4(O)CC[C@H](C)[C@H]5O)[C@@]3(C)[C@@](O)(C(C)C)[C@H]2OC(=O)c1ccc[nH]1. The summed E-state index contributed by atoms with van der Waals surface area (Å²) < 4.78 is 19.4. The predicted molar refractivity (Wildman–Crippen MR) is 126 cm³/mol. The molecule has 5 fully saturated rings. The maximum atomic E-state index is 13.4. The number of aromatic nitrogens is 1. The summed E-state index contributed by atoms with van der Waals surface area (Å²) in [4.78, 5) is 21.7. The summed E-state index contributed by atoms with van der Waals surface area (Å²) in [5, 5.41) is 49.6. The normalized spacial score (nSPS) is 55.5. The van der Waals surface area contributed by atoms with Crippen molar-refractivity contribution < 1.29 is 44.3 Å². The Kier molecular flexibility index (Phi) is 4.96. The van der Waals surface area contributed by atoms with Crippen LogP contribution in [0.15, 0.2) is 18.3 Å². The first-order valence-electron chi connectivity index (χ1n) is 13.0. The van der Waals surface area contributed by atoms with Gasteiger partial charge in [0.2, 0.25) is 0 Å². The van der Waals surface area contributed by atoms with E-state index in [0.717, 1.165) is 0 Å². The topological polar surface area (TPSA) is 163 Å². The number of nitrogens with one attached hydrogen (secondary N) is 2. The van der Waals surface area contributed by atoms with Gasteiger partial charge in [-0.1, -0.05) is 27.7 Å². The number of carbonyl (C=O) groups excluding carboxylic acids is 1. The Morgan fingerprint density at radius 3 is 2.57 bits per heavy atom. The van der Waals surface area contributed by atoms with Crippen molar-refractivity contribution in [1.29, 1.82) is 0 Å². The number of rotatable bonds is 5. The molecule has 5 aliphatic rings. The minimum Gasteiger partial charge on any atom is -0.450 e. The van der Waals surface area contributed by atoms with Gasteiger partial charge in [-0.25, -0.2) is 4.79 Å². The third-order valence-corrected chi connectivity index (χ3v) is 11.1. The Labute approximate surface area is 215 Å². The van der Waals surface area contributed by atoms with Gasteiger partial charge in [0.05, 0.1) is 24.0 Å². The number of carbonyl (C=O) groups is 1. The minimum absolute atomic E-state index is 0.163. The fourth-order valence-corrected chi connectivity index (χ4v) is 9.06. The highest BCUT2D eigenvalue weighted by atomic mass is 16.7. The molecule has 0 unspecified atom stereocenters. The molecule has 37 heavy (non-hydrogen) atoms. The van der Waals surface area contributed by atoms with E-state index in [1.165, 1.54) is 7.11 Å². The number of ether oxygens (including phenoxy) is 3. The van der Waals surface area contributed by atoms with Gasteiger partial charge in [0.1, 0.15) is 23.0 Å². The number of hydrogen-bond acceptors (Lipinski definition) is 10. The lowest BCUT2D eigenvalue weighted by Gasteiger charge is -2.74. The van der Waals surface area contributed by atoms with Crippen LogP contribution >= 0.6 is 0 Å². The first-order valence-corrected chi connectivity index (χ1v) is 13.0. The van der Waals surface area contributed by atoms with Gasteiger partial charge in [0.25, 0.3) is 0 Å². The zero-order valence-electron chi connectivity index (χ0n) is 22.1. The van der Waals surface area contributed by atoms with E-state index >= 15 is 0 Å². The average molecular weight is 523 g/mol. The first kappa shape index (κ1) is 25.7. The predicted octanol–water partition coefficient (Wildman–Crippen LogP) is 0.583. The monoisotopic (exact) mass is 522 g/mol. The van der Waals surface area contributed by atoms with E-state index in [1.54, 1.807) is 46.0 Å². The Balaban J connectivity index is 1.67. The molecule has 6 rings (SSSR count). The second kappa shape index (κ2) is 7.14. The highest BCUT2D eigenvalue weighted by molar-refractivity contribution is 5.87. The van der Waals surface area contributed by atoms with Crippen LogP contribution in [-0.4, -0.2) is 85.1 Å². The van der Waals surface area contributed by atoms with Gasteiger partial charge in [-0.2, -0.15) is 5.48 Å². The molecule has 1 saturated carbocycles. The highest BCUT2D eigenvalue weighted by Gasteiger charge is 2.99. The van der Waals surface area contributed by atoms with E-state index in [-0.39, 0.29) is 24.5 Å². The van der Waals surface area contributed by atoms with Crippen LogP contribution in [0.5, 0.6) is 0 Å². The number of aliphatic hydroxyl groups excluding tert-OH is 1. The zero-order valence-corrected chi connectivity index (χ0v) is 22.1.